The van der Waals surface area contributed by atoms with Crippen molar-refractivity contribution in [1.29, 1.82) is 0 Å². The van der Waals surface area contributed by atoms with Gasteiger partial charge in [-0.3, -0.25) is 14.7 Å². The van der Waals surface area contributed by atoms with E-state index in [1.165, 1.54) is 0 Å². The monoisotopic (exact) mass is 290 g/mol. The first-order valence-corrected chi connectivity index (χ1v) is 7.71. The Labute approximate surface area is 124 Å². The largest absolute Gasteiger partial charge is 0.339 e. The molecular formula is C15H22N4O2. The second kappa shape index (κ2) is 5.87. The zero-order valence-corrected chi connectivity index (χ0v) is 12.4. The summed E-state index contributed by atoms with van der Waals surface area (Å²) in [4.78, 5) is 28.2. The number of aryl methyl sites for hydroxylation is 1. The Bertz CT molecular complexity index is 510. The number of nitrogens with zero attached hydrogens (tertiary/aromatic N) is 3. The van der Waals surface area contributed by atoms with Gasteiger partial charge in [0.25, 0.3) is 0 Å². The van der Waals surface area contributed by atoms with Crippen molar-refractivity contribution in [3.63, 3.8) is 0 Å². The lowest BCUT2D eigenvalue weighted by atomic mass is 10.1. The summed E-state index contributed by atoms with van der Waals surface area (Å²) >= 11 is 0. The molecule has 1 aromatic heterocycles. The molecular weight excluding hydrogens is 268 g/mol. The fourth-order valence-electron chi connectivity index (χ4n) is 2.93. The molecule has 114 valence electrons. The summed E-state index contributed by atoms with van der Waals surface area (Å²) in [6.45, 7) is 4.03. The number of piperazine rings is 1. The zero-order chi connectivity index (χ0) is 14.8. The summed E-state index contributed by atoms with van der Waals surface area (Å²) in [6, 6.07) is 2.00. The Kier molecular flexibility index (Phi) is 3.94. The van der Waals surface area contributed by atoms with Crippen molar-refractivity contribution in [3.05, 3.63) is 18.0 Å². The van der Waals surface area contributed by atoms with Gasteiger partial charge in [0, 0.05) is 49.9 Å². The van der Waals surface area contributed by atoms with Crippen molar-refractivity contribution >= 4 is 11.8 Å². The molecule has 1 aliphatic heterocycles. The molecule has 2 fully saturated rings. The first kappa shape index (κ1) is 14.1. The molecule has 0 bridgehead atoms. The number of aromatic nitrogens is 2. The van der Waals surface area contributed by atoms with Gasteiger partial charge in [0.2, 0.25) is 11.8 Å². The molecule has 6 nitrogen and oxygen atoms in total. The first-order chi connectivity index (χ1) is 10.1. The summed E-state index contributed by atoms with van der Waals surface area (Å²) < 4.78 is 0. The highest BCUT2D eigenvalue weighted by molar-refractivity contribution is 5.82. The molecule has 21 heavy (non-hydrogen) atoms. The Morgan fingerprint density at radius 2 is 2.19 bits per heavy atom. The van der Waals surface area contributed by atoms with Crippen LogP contribution < -0.4 is 0 Å². The normalized spacial score (nSPS) is 22.4. The number of nitrogens with one attached hydrogen (secondary N) is 1. The number of amides is 2. The number of hydrogen-bond acceptors (Lipinski definition) is 3. The molecule has 0 spiro atoms. The van der Waals surface area contributed by atoms with E-state index in [0.29, 0.717) is 32.5 Å². The Morgan fingerprint density at radius 3 is 2.81 bits per heavy atom. The van der Waals surface area contributed by atoms with Crippen molar-refractivity contribution < 1.29 is 9.59 Å². The van der Waals surface area contributed by atoms with E-state index in [9.17, 15) is 9.59 Å². The van der Waals surface area contributed by atoms with Gasteiger partial charge in [-0.1, -0.05) is 0 Å². The van der Waals surface area contributed by atoms with Crippen LogP contribution in [0.4, 0.5) is 0 Å². The quantitative estimate of drug-likeness (QED) is 0.892. The van der Waals surface area contributed by atoms with Gasteiger partial charge in [0.15, 0.2) is 0 Å². The van der Waals surface area contributed by atoms with Crippen LogP contribution in [0.1, 0.15) is 31.9 Å². The van der Waals surface area contributed by atoms with Crippen LogP contribution in [0.5, 0.6) is 0 Å². The van der Waals surface area contributed by atoms with Crippen molar-refractivity contribution in [2.24, 2.45) is 5.92 Å². The Balaban J connectivity index is 1.49. The van der Waals surface area contributed by atoms with Crippen LogP contribution in [-0.2, 0) is 16.0 Å². The summed E-state index contributed by atoms with van der Waals surface area (Å²) in [5, 5.41) is 6.76. The lowest BCUT2D eigenvalue weighted by Gasteiger charge is -2.40. The lowest BCUT2D eigenvalue weighted by molar-refractivity contribution is -0.143. The fraction of sp³-hybridized carbons (Fsp3) is 0.667. The Morgan fingerprint density at radius 1 is 1.38 bits per heavy atom. The minimum Gasteiger partial charge on any atom is -0.339 e. The molecule has 0 radical (unpaired) electrons. The minimum atomic E-state index is 0.107. The molecule has 1 aliphatic carbocycles. The number of carbonyl (C=O) groups excluding carboxylic acids is 2. The van der Waals surface area contributed by atoms with Gasteiger partial charge >= 0.3 is 0 Å². The maximum Gasteiger partial charge on any atom is 0.225 e. The standard InChI is InChI=1S/C15H22N4O2/c1-11-10-18(15(21)12-2-3-12)8-9-19(11)14(20)5-4-13-6-7-16-17-13/h6-7,11-12H,2-5,8-10H2,1H3,(H,16,17). The summed E-state index contributed by atoms with van der Waals surface area (Å²) in [5.74, 6) is 0.710. The maximum absolute atomic E-state index is 12.3. The van der Waals surface area contributed by atoms with E-state index in [-0.39, 0.29) is 23.8 Å². The third-order valence-corrected chi connectivity index (χ3v) is 4.35. The van der Waals surface area contributed by atoms with Crippen LogP contribution in [0.3, 0.4) is 0 Å². The van der Waals surface area contributed by atoms with Gasteiger partial charge in [-0.15, -0.1) is 0 Å². The highest BCUT2D eigenvalue weighted by atomic mass is 16.2. The molecule has 1 N–H and O–H groups in total. The zero-order valence-electron chi connectivity index (χ0n) is 12.4. The van der Waals surface area contributed by atoms with Crippen LogP contribution in [0.15, 0.2) is 12.3 Å². The maximum atomic E-state index is 12.3. The smallest absolute Gasteiger partial charge is 0.225 e. The van der Waals surface area contributed by atoms with E-state index in [1.54, 1.807) is 6.20 Å². The second-order valence-electron chi connectivity index (χ2n) is 6.08. The molecule has 3 rings (SSSR count). The van der Waals surface area contributed by atoms with Crippen LogP contribution in [-0.4, -0.2) is 57.5 Å². The van der Waals surface area contributed by atoms with Gasteiger partial charge in [0.05, 0.1) is 0 Å². The lowest BCUT2D eigenvalue weighted by Crippen LogP contribution is -2.55. The van der Waals surface area contributed by atoms with E-state index < -0.39 is 0 Å². The van der Waals surface area contributed by atoms with Gasteiger partial charge < -0.3 is 9.80 Å². The van der Waals surface area contributed by atoms with Crippen LogP contribution >= 0.6 is 0 Å². The van der Waals surface area contributed by atoms with Gasteiger partial charge in [-0.25, -0.2) is 0 Å². The third-order valence-electron chi connectivity index (χ3n) is 4.35. The fourth-order valence-corrected chi connectivity index (χ4v) is 2.93. The van der Waals surface area contributed by atoms with Crippen LogP contribution in [0.2, 0.25) is 0 Å². The molecule has 1 saturated heterocycles. The molecule has 6 heteroatoms. The van der Waals surface area contributed by atoms with Crippen LogP contribution in [0, 0.1) is 5.92 Å². The highest BCUT2D eigenvalue weighted by Gasteiger charge is 2.37. The molecule has 2 heterocycles. The van der Waals surface area contributed by atoms with E-state index in [0.717, 1.165) is 18.5 Å². The number of aromatic amines is 1. The minimum absolute atomic E-state index is 0.107. The van der Waals surface area contributed by atoms with E-state index in [4.69, 9.17) is 0 Å². The van der Waals surface area contributed by atoms with Crippen molar-refractivity contribution in [2.45, 2.75) is 38.6 Å². The predicted octanol–water partition coefficient (Wildman–Crippen LogP) is 0.812. The average Bonchev–Trinajstić information content (AvgIpc) is 3.20. The second-order valence-corrected chi connectivity index (χ2v) is 6.08. The summed E-state index contributed by atoms with van der Waals surface area (Å²) in [6.07, 6.45) is 4.95. The van der Waals surface area contributed by atoms with Crippen LogP contribution in [0.25, 0.3) is 0 Å². The van der Waals surface area contributed by atoms with E-state index in [2.05, 4.69) is 10.2 Å². The summed E-state index contributed by atoms with van der Waals surface area (Å²) in [7, 11) is 0. The highest BCUT2D eigenvalue weighted by Crippen LogP contribution is 2.31. The number of hydrogen-bond donors (Lipinski definition) is 1. The SMILES string of the molecule is CC1CN(C(=O)C2CC2)CCN1C(=O)CCc1ccn[nH]1. The molecule has 1 aromatic rings. The molecule has 2 amide bonds. The van der Waals surface area contributed by atoms with E-state index in [1.807, 2.05) is 22.8 Å². The van der Waals surface area contributed by atoms with E-state index >= 15 is 0 Å². The van der Waals surface area contributed by atoms with Gasteiger partial charge in [0.1, 0.15) is 0 Å². The van der Waals surface area contributed by atoms with Crippen molar-refractivity contribution in [1.82, 2.24) is 20.0 Å². The average molecular weight is 290 g/mol. The molecule has 2 aliphatic rings. The van der Waals surface area contributed by atoms with Crippen molar-refractivity contribution in [3.8, 4) is 0 Å². The third kappa shape index (κ3) is 3.25. The molecule has 1 saturated carbocycles. The first-order valence-electron chi connectivity index (χ1n) is 7.71. The number of H-pyrrole nitrogens is 1. The number of carbonyl (C=O) groups is 2. The topological polar surface area (TPSA) is 69.3 Å². The Hall–Kier alpha value is -1.85. The van der Waals surface area contributed by atoms with Crippen molar-refractivity contribution in [2.75, 3.05) is 19.6 Å². The van der Waals surface area contributed by atoms with Gasteiger partial charge in [-0.2, -0.15) is 5.10 Å². The van der Waals surface area contributed by atoms with Gasteiger partial charge in [-0.05, 0) is 32.3 Å². The number of rotatable bonds is 4. The molecule has 0 aromatic carbocycles. The molecule has 1 unspecified atom stereocenters. The predicted molar refractivity (Wildman–Crippen MR) is 77.4 cm³/mol. The molecule has 1 atom stereocenters. The summed E-state index contributed by atoms with van der Waals surface area (Å²) in [5.41, 5.74) is 0.985.